The molecule has 0 amide bonds. The van der Waals surface area contributed by atoms with E-state index in [1.807, 2.05) is 72.8 Å². The largest absolute Gasteiger partial charge is 0.234 e. The smallest absolute Gasteiger partial charge is 0.208 e. The van der Waals surface area contributed by atoms with Gasteiger partial charge < -0.3 is 0 Å². The molecule has 0 unspecified atom stereocenters. The van der Waals surface area contributed by atoms with E-state index in [4.69, 9.17) is 0 Å². The van der Waals surface area contributed by atoms with Crippen LogP contribution in [0.25, 0.3) is 16.8 Å². The summed E-state index contributed by atoms with van der Waals surface area (Å²) in [5, 5.41) is 3.43. The summed E-state index contributed by atoms with van der Waals surface area (Å²) in [6.07, 6.45) is 1.61. The highest BCUT2D eigenvalue weighted by atomic mass is 32.2. The second-order valence-electron chi connectivity index (χ2n) is 5.26. The summed E-state index contributed by atoms with van der Waals surface area (Å²) in [4.78, 5) is 0. The van der Waals surface area contributed by atoms with E-state index in [2.05, 4.69) is 4.72 Å². The first kappa shape index (κ1) is 15.5. The summed E-state index contributed by atoms with van der Waals surface area (Å²) >= 11 is 0. The van der Waals surface area contributed by atoms with Crippen LogP contribution in [-0.4, -0.2) is 8.42 Å². The maximum atomic E-state index is 12.0. The van der Waals surface area contributed by atoms with Gasteiger partial charge in [-0.2, -0.15) is 0 Å². The molecule has 0 bridgehead atoms. The van der Waals surface area contributed by atoms with Gasteiger partial charge in [-0.25, -0.2) is 13.1 Å². The van der Waals surface area contributed by atoms with E-state index in [0.29, 0.717) is 0 Å². The molecule has 0 aliphatic carbocycles. The number of sulfonamides is 1. The molecule has 3 nitrogen and oxygen atoms in total. The molecule has 23 heavy (non-hydrogen) atoms. The SMILES string of the molecule is O=S(=O)(/C=C/c1ccc2ccccc2c1)NCc1ccccc1. The minimum atomic E-state index is -3.46. The molecule has 0 fully saturated rings. The van der Waals surface area contributed by atoms with Gasteiger partial charge in [0.2, 0.25) is 10.0 Å². The van der Waals surface area contributed by atoms with Crippen LogP contribution in [-0.2, 0) is 16.6 Å². The van der Waals surface area contributed by atoms with Crippen molar-refractivity contribution in [1.82, 2.24) is 4.72 Å². The van der Waals surface area contributed by atoms with Gasteiger partial charge in [0.05, 0.1) is 0 Å². The van der Waals surface area contributed by atoms with Crippen molar-refractivity contribution in [2.45, 2.75) is 6.54 Å². The van der Waals surface area contributed by atoms with E-state index in [-0.39, 0.29) is 6.54 Å². The number of fused-ring (bicyclic) bond motifs is 1. The summed E-state index contributed by atoms with van der Waals surface area (Å²) in [5.41, 5.74) is 1.78. The second-order valence-corrected chi connectivity index (χ2v) is 6.91. The van der Waals surface area contributed by atoms with E-state index in [1.165, 1.54) is 5.41 Å². The lowest BCUT2D eigenvalue weighted by molar-refractivity contribution is 0.591. The third-order valence-corrected chi connectivity index (χ3v) is 4.57. The molecule has 3 aromatic carbocycles. The van der Waals surface area contributed by atoms with Crippen LogP contribution in [0, 0.1) is 0 Å². The van der Waals surface area contributed by atoms with Crippen molar-refractivity contribution in [3.63, 3.8) is 0 Å². The Morgan fingerprint density at radius 1 is 0.826 bits per heavy atom. The van der Waals surface area contributed by atoms with Crippen LogP contribution >= 0.6 is 0 Å². The maximum absolute atomic E-state index is 12.0. The first-order chi connectivity index (χ1) is 11.1. The molecule has 0 saturated heterocycles. The fourth-order valence-corrected chi connectivity index (χ4v) is 3.11. The lowest BCUT2D eigenvalue weighted by atomic mass is 10.1. The normalized spacial score (nSPS) is 12.0. The van der Waals surface area contributed by atoms with Crippen LogP contribution in [0.4, 0.5) is 0 Å². The van der Waals surface area contributed by atoms with Gasteiger partial charge in [0.15, 0.2) is 0 Å². The van der Waals surface area contributed by atoms with E-state index >= 15 is 0 Å². The molecule has 0 saturated carbocycles. The average molecular weight is 323 g/mol. The van der Waals surface area contributed by atoms with Crippen molar-refractivity contribution >= 4 is 26.9 Å². The third-order valence-electron chi connectivity index (χ3n) is 3.53. The Labute approximate surface area is 136 Å². The minimum absolute atomic E-state index is 0.283. The topological polar surface area (TPSA) is 46.2 Å². The highest BCUT2D eigenvalue weighted by molar-refractivity contribution is 7.92. The van der Waals surface area contributed by atoms with Gasteiger partial charge in [-0.1, -0.05) is 66.7 Å². The van der Waals surface area contributed by atoms with Crippen molar-refractivity contribution in [2.75, 3.05) is 0 Å². The van der Waals surface area contributed by atoms with Gasteiger partial charge in [0.1, 0.15) is 0 Å². The standard InChI is InChI=1S/C19H17NO2S/c21-23(22,20-15-17-6-2-1-3-7-17)13-12-16-10-11-18-8-4-5-9-19(18)14-16/h1-14,20H,15H2/b13-12+. The molecule has 0 heterocycles. The first-order valence-electron chi connectivity index (χ1n) is 7.33. The highest BCUT2D eigenvalue weighted by Crippen LogP contribution is 2.16. The number of benzene rings is 3. The second kappa shape index (κ2) is 6.77. The third kappa shape index (κ3) is 4.28. The quantitative estimate of drug-likeness (QED) is 0.773. The molecule has 0 aliphatic rings. The van der Waals surface area contributed by atoms with E-state index in [9.17, 15) is 8.42 Å². The molecular weight excluding hydrogens is 306 g/mol. The summed E-state index contributed by atoms with van der Waals surface area (Å²) in [5.74, 6) is 0. The van der Waals surface area contributed by atoms with Gasteiger partial charge in [0.25, 0.3) is 0 Å². The van der Waals surface area contributed by atoms with E-state index < -0.39 is 10.0 Å². The Hall–Kier alpha value is -2.43. The molecule has 3 aromatic rings. The van der Waals surface area contributed by atoms with Crippen LogP contribution in [0.3, 0.4) is 0 Å². The predicted octanol–water partition coefficient (Wildman–Crippen LogP) is 3.93. The maximum Gasteiger partial charge on any atom is 0.234 e. The summed E-state index contributed by atoms with van der Waals surface area (Å²) in [7, 11) is -3.46. The number of hydrogen-bond acceptors (Lipinski definition) is 2. The van der Waals surface area contributed by atoms with Crippen molar-refractivity contribution in [3.8, 4) is 0 Å². The Morgan fingerprint density at radius 2 is 1.52 bits per heavy atom. The van der Waals surface area contributed by atoms with Gasteiger partial charge in [0, 0.05) is 12.0 Å². The molecule has 0 spiro atoms. The Morgan fingerprint density at radius 3 is 2.30 bits per heavy atom. The van der Waals surface area contributed by atoms with Crippen LogP contribution < -0.4 is 4.72 Å². The van der Waals surface area contributed by atoms with Crippen LogP contribution in [0.5, 0.6) is 0 Å². The Kier molecular flexibility index (Phi) is 4.55. The van der Waals surface area contributed by atoms with Crippen molar-refractivity contribution in [3.05, 3.63) is 89.3 Å². The summed E-state index contributed by atoms with van der Waals surface area (Å²) in [6.45, 7) is 0.283. The van der Waals surface area contributed by atoms with Gasteiger partial charge in [-0.3, -0.25) is 0 Å². The predicted molar refractivity (Wildman–Crippen MR) is 95.2 cm³/mol. The lowest BCUT2D eigenvalue weighted by Gasteiger charge is -2.03. The Bertz CT molecular complexity index is 932. The van der Waals surface area contributed by atoms with Crippen LogP contribution in [0.2, 0.25) is 0 Å². The van der Waals surface area contributed by atoms with Gasteiger partial charge in [-0.05, 0) is 34.0 Å². The summed E-state index contributed by atoms with van der Waals surface area (Å²) in [6, 6.07) is 23.3. The van der Waals surface area contributed by atoms with Gasteiger partial charge in [-0.15, -0.1) is 0 Å². The molecule has 0 aliphatic heterocycles. The zero-order valence-electron chi connectivity index (χ0n) is 12.5. The first-order valence-corrected chi connectivity index (χ1v) is 8.87. The van der Waals surface area contributed by atoms with Crippen LogP contribution in [0.1, 0.15) is 11.1 Å². The fraction of sp³-hybridized carbons (Fsp3) is 0.0526. The number of nitrogens with one attached hydrogen (secondary N) is 1. The van der Waals surface area contributed by atoms with Crippen molar-refractivity contribution in [2.24, 2.45) is 0 Å². The molecule has 0 aromatic heterocycles. The zero-order chi connectivity index (χ0) is 16.1. The molecular formula is C19H17NO2S. The van der Waals surface area contributed by atoms with Gasteiger partial charge >= 0.3 is 0 Å². The molecule has 116 valence electrons. The number of rotatable bonds is 5. The summed E-state index contributed by atoms with van der Waals surface area (Å²) < 4.78 is 26.7. The molecule has 1 N–H and O–H groups in total. The monoisotopic (exact) mass is 323 g/mol. The number of hydrogen-bond donors (Lipinski definition) is 1. The van der Waals surface area contributed by atoms with Crippen molar-refractivity contribution < 1.29 is 8.42 Å². The average Bonchev–Trinajstić information content (AvgIpc) is 2.59. The highest BCUT2D eigenvalue weighted by Gasteiger charge is 2.04. The van der Waals surface area contributed by atoms with E-state index in [1.54, 1.807) is 6.08 Å². The van der Waals surface area contributed by atoms with E-state index in [0.717, 1.165) is 21.9 Å². The molecule has 3 rings (SSSR count). The molecule has 0 atom stereocenters. The molecule has 4 heteroatoms. The fourth-order valence-electron chi connectivity index (χ4n) is 2.31. The Balaban J connectivity index is 1.72. The van der Waals surface area contributed by atoms with Crippen molar-refractivity contribution in [1.29, 1.82) is 0 Å². The molecule has 0 radical (unpaired) electrons. The van der Waals surface area contributed by atoms with Crippen LogP contribution in [0.15, 0.2) is 78.2 Å². The minimum Gasteiger partial charge on any atom is -0.208 e. The lowest BCUT2D eigenvalue weighted by Crippen LogP contribution is -2.20. The zero-order valence-corrected chi connectivity index (χ0v) is 13.3.